The minimum Gasteiger partial charge on any atom is -0.436 e. The highest BCUT2D eigenvalue weighted by atomic mass is 16.7. The van der Waals surface area contributed by atoms with Crippen LogP contribution in [0.3, 0.4) is 0 Å². The maximum atomic E-state index is 12.9. The van der Waals surface area contributed by atoms with Crippen LogP contribution in [0, 0.1) is 28.6 Å². The second-order valence-electron chi connectivity index (χ2n) is 10.3. The molecule has 2 aliphatic rings. The van der Waals surface area contributed by atoms with E-state index >= 15 is 0 Å². The molecule has 0 N–H and O–H groups in total. The second-order valence-corrected chi connectivity index (χ2v) is 10.3. The summed E-state index contributed by atoms with van der Waals surface area (Å²) in [6, 6.07) is 0. The van der Waals surface area contributed by atoms with E-state index in [1.165, 1.54) is 19.3 Å². The molecule has 3 nitrogen and oxygen atoms in total. The third-order valence-electron chi connectivity index (χ3n) is 5.73. The minimum absolute atomic E-state index is 0.0903. The number of carbonyl (C=O) groups is 1. The Morgan fingerprint density at radius 2 is 1.75 bits per heavy atom. The number of rotatable bonds is 6. The first-order valence-corrected chi connectivity index (χ1v) is 9.85. The molecule has 0 aliphatic heterocycles. The van der Waals surface area contributed by atoms with E-state index in [1.54, 1.807) is 0 Å². The Morgan fingerprint density at radius 3 is 2.17 bits per heavy atom. The van der Waals surface area contributed by atoms with Crippen molar-refractivity contribution in [3.8, 4) is 0 Å². The van der Waals surface area contributed by atoms with Crippen molar-refractivity contribution in [3.63, 3.8) is 0 Å². The zero-order valence-corrected chi connectivity index (χ0v) is 16.9. The largest absolute Gasteiger partial charge is 0.436 e. The van der Waals surface area contributed by atoms with Crippen molar-refractivity contribution in [2.75, 3.05) is 0 Å². The van der Waals surface area contributed by atoms with E-state index in [-0.39, 0.29) is 29.0 Å². The molecule has 140 valence electrons. The molecule has 0 amide bonds. The van der Waals surface area contributed by atoms with E-state index in [9.17, 15) is 4.79 Å². The summed E-state index contributed by atoms with van der Waals surface area (Å²) < 4.78 is 12.1. The lowest BCUT2D eigenvalue weighted by Gasteiger charge is -2.35. The topological polar surface area (TPSA) is 35.5 Å². The number of esters is 1. The van der Waals surface area contributed by atoms with Gasteiger partial charge in [0, 0.05) is 6.42 Å². The Morgan fingerprint density at radius 1 is 1.08 bits per heavy atom. The van der Waals surface area contributed by atoms with E-state index in [2.05, 4.69) is 41.5 Å². The lowest BCUT2D eigenvalue weighted by molar-refractivity contribution is -0.203. The van der Waals surface area contributed by atoms with Crippen LogP contribution in [0.15, 0.2) is 0 Å². The molecule has 2 fully saturated rings. The summed E-state index contributed by atoms with van der Waals surface area (Å²) in [6.07, 6.45) is 6.59. The number of hydrogen-bond acceptors (Lipinski definition) is 3. The normalized spacial score (nSPS) is 29.5. The summed E-state index contributed by atoms with van der Waals surface area (Å²) >= 11 is 0. The average Bonchev–Trinajstić information content (AvgIpc) is 3.04. The van der Waals surface area contributed by atoms with Gasteiger partial charge in [0.15, 0.2) is 0 Å². The molecule has 0 aromatic rings. The predicted molar refractivity (Wildman–Crippen MR) is 97.5 cm³/mol. The van der Waals surface area contributed by atoms with Crippen LogP contribution in [0.1, 0.15) is 87.0 Å². The lowest BCUT2D eigenvalue weighted by atomic mass is 9.72. The number of fused-ring (bicyclic) bond motifs is 2. The van der Waals surface area contributed by atoms with Gasteiger partial charge in [-0.05, 0) is 54.8 Å². The Kier molecular flexibility index (Phi) is 6.05. The van der Waals surface area contributed by atoms with Crippen LogP contribution in [0.25, 0.3) is 0 Å². The van der Waals surface area contributed by atoms with Crippen LogP contribution >= 0.6 is 0 Å². The molecule has 5 unspecified atom stereocenters. The summed E-state index contributed by atoms with van der Waals surface area (Å²) in [6.45, 7) is 15.0. The van der Waals surface area contributed by atoms with Crippen molar-refractivity contribution < 1.29 is 14.3 Å². The molecule has 0 aromatic carbocycles. The zero-order valence-electron chi connectivity index (χ0n) is 16.9. The highest BCUT2D eigenvalue weighted by molar-refractivity contribution is 5.73. The first-order chi connectivity index (χ1) is 11.0. The second kappa shape index (κ2) is 7.35. The monoisotopic (exact) mass is 338 g/mol. The van der Waals surface area contributed by atoms with Gasteiger partial charge >= 0.3 is 5.97 Å². The van der Waals surface area contributed by atoms with Gasteiger partial charge in [-0.25, -0.2) is 0 Å². The molecular weight excluding hydrogens is 300 g/mol. The summed E-state index contributed by atoms with van der Waals surface area (Å²) in [4.78, 5) is 12.9. The third kappa shape index (κ3) is 5.21. The molecule has 2 saturated carbocycles. The molecule has 0 saturated heterocycles. The SMILES string of the molecule is CCC(OC(=O)C(CC(C)(C)C)C(C)(C)C)OC1CC2CCC1C2. The Bertz CT molecular complexity index is 429. The number of ether oxygens (including phenoxy) is 2. The van der Waals surface area contributed by atoms with E-state index in [0.717, 1.165) is 25.2 Å². The fourth-order valence-corrected chi connectivity index (χ4v) is 4.32. The van der Waals surface area contributed by atoms with Crippen molar-refractivity contribution in [1.29, 1.82) is 0 Å². The van der Waals surface area contributed by atoms with Crippen molar-refractivity contribution >= 4 is 5.97 Å². The van der Waals surface area contributed by atoms with Gasteiger partial charge < -0.3 is 9.47 Å². The molecule has 0 heterocycles. The summed E-state index contributed by atoms with van der Waals surface area (Å²) in [5.74, 6) is 1.34. The molecule has 3 heteroatoms. The van der Waals surface area contributed by atoms with Gasteiger partial charge in [-0.15, -0.1) is 0 Å². The fraction of sp³-hybridized carbons (Fsp3) is 0.952. The summed E-state index contributed by atoms with van der Waals surface area (Å²) in [5, 5.41) is 0. The molecule has 2 rings (SSSR count). The molecule has 24 heavy (non-hydrogen) atoms. The van der Waals surface area contributed by atoms with Crippen LogP contribution in [0.4, 0.5) is 0 Å². The van der Waals surface area contributed by atoms with E-state index in [4.69, 9.17) is 9.47 Å². The molecular formula is C21H38O3. The standard InChI is InChI=1S/C21H38O3/c1-8-18(23-17-12-14-9-10-15(17)11-14)24-19(22)16(21(5,6)7)13-20(2,3)4/h14-18H,8-13H2,1-7H3. The molecule has 0 radical (unpaired) electrons. The van der Waals surface area contributed by atoms with Gasteiger partial charge in [0.25, 0.3) is 0 Å². The molecule has 5 atom stereocenters. The fourth-order valence-electron chi connectivity index (χ4n) is 4.32. The Hall–Kier alpha value is -0.570. The van der Waals surface area contributed by atoms with Crippen LogP contribution < -0.4 is 0 Å². The van der Waals surface area contributed by atoms with E-state index in [0.29, 0.717) is 12.0 Å². The summed E-state index contributed by atoms with van der Waals surface area (Å²) in [7, 11) is 0. The Labute approximate surface area is 148 Å². The lowest BCUT2D eigenvalue weighted by Crippen LogP contribution is -2.37. The van der Waals surface area contributed by atoms with Crippen LogP contribution in [0.5, 0.6) is 0 Å². The van der Waals surface area contributed by atoms with Gasteiger partial charge in [-0.3, -0.25) is 4.79 Å². The molecule has 0 spiro atoms. The summed E-state index contributed by atoms with van der Waals surface area (Å²) in [5.41, 5.74) is -0.000774. The van der Waals surface area contributed by atoms with Gasteiger partial charge in [0.2, 0.25) is 6.29 Å². The quantitative estimate of drug-likeness (QED) is 0.469. The number of hydrogen-bond donors (Lipinski definition) is 0. The van der Waals surface area contributed by atoms with Gasteiger partial charge in [0.05, 0.1) is 12.0 Å². The maximum Gasteiger partial charge on any atom is 0.311 e. The highest BCUT2D eigenvalue weighted by Crippen LogP contribution is 2.46. The zero-order chi connectivity index (χ0) is 18.1. The van der Waals surface area contributed by atoms with Crippen LogP contribution in [-0.2, 0) is 14.3 Å². The van der Waals surface area contributed by atoms with Crippen LogP contribution in [0.2, 0.25) is 0 Å². The van der Waals surface area contributed by atoms with Crippen molar-refractivity contribution in [3.05, 3.63) is 0 Å². The van der Waals surface area contributed by atoms with Gasteiger partial charge in [-0.2, -0.15) is 0 Å². The van der Waals surface area contributed by atoms with Gasteiger partial charge in [-0.1, -0.05) is 48.5 Å². The molecule has 2 bridgehead atoms. The minimum atomic E-state index is -0.383. The van der Waals surface area contributed by atoms with Crippen molar-refractivity contribution in [2.24, 2.45) is 28.6 Å². The first-order valence-electron chi connectivity index (χ1n) is 9.85. The average molecular weight is 339 g/mol. The maximum absolute atomic E-state index is 12.9. The van der Waals surface area contributed by atoms with Crippen molar-refractivity contribution in [1.82, 2.24) is 0 Å². The smallest absolute Gasteiger partial charge is 0.311 e. The number of carbonyl (C=O) groups excluding carboxylic acids is 1. The van der Waals surface area contributed by atoms with E-state index in [1.807, 2.05) is 6.92 Å². The van der Waals surface area contributed by atoms with Crippen molar-refractivity contribution in [2.45, 2.75) is 99.4 Å². The Balaban J connectivity index is 1.95. The highest BCUT2D eigenvalue weighted by Gasteiger charge is 2.42. The molecule has 2 aliphatic carbocycles. The third-order valence-corrected chi connectivity index (χ3v) is 5.73. The molecule has 0 aromatic heterocycles. The van der Waals surface area contributed by atoms with Crippen LogP contribution in [-0.4, -0.2) is 18.4 Å². The van der Waals surface area contributed by atoms with E-state index < -0.39 is 0 Å². The first kappa shape index (κ1) is 19.8. The predicted octanol–water partition coefficient (Wildman–Crippen LogP) is 5.57. The van der Waals surface area contributed by atoms with Gasteiger partial charge in [0.1, 0.15) is 0 Å².